The Labute approximate surface area is 101 Å². The lowest BCUT2D eigenvalue weighted by atomic mass is 10.0. The zero-order valence-corrected chi connectivity index (χ0v) is 10.4. The molecule has 3 N–H and O–H groups in total. The van der Waals surface area contributed by atoms with E-state index < -0.39 is 6.04 Å². The van der Waals surface area contributed by atoms with Crippen molar-refractivity contribution < 1.29 is 9.18 Å². The highest BCUT2D eigenvalue weighted by molar-refractivity contribution is 5.82. The summed E-state index contributed by atoms with van der Waals surface area (Å²) >= 11 is 0. The van der Waals surface area contributed by atoms with E-state index in [-0.39, 0.29) is 23.7 Å². The van der Waals surface area contributed by atoms with Gasteiger partial charge in [0.05, 0.1) is 12.1 Å². The van der Waals surface area contributed by atoms with Crippen molar-refractivity contribution in [3.05, 3.63) is 35.6 Å². The number of carbonyl (C=O) groups is 1. The molecule has 0 bridgehead atoms. The minimum Gasteiger partial charge on any atom is -0.348 e. The van der Waals surface area contributed by atoms with Gasteiger partial charge in [-0.15, -0.1) is 0 Å². The zero-order chi connectivity index (χ0) is 13.0. The Morgan fingerprint density at radius 2 is 2.00 bits per heavy atom. The summed E-state index contributed by atoms with van der Waals surface area (Å²) in [5.41, 5.74) is 6.46. The van der Waals surface area contributed by atoms with Crippen molar-refractivity contribution in [2.45, 2.75) is 32.9 Å². The van der Waals surface area contributed by atoms with E-state index in [1.165, 1.54) is 12.1 Å². The SMILES string of the molecule is CC(NC(=O)[C@H](N)C(C)C)c1cccc(F)c1. The summed E-state index contributed by atoms with van der Waals surface area (Å²) in [6, 6.07) is 5.39. The molecule has 0 aliphatic heterocycles. The fraction of sp³-hybridized carbons (Fsp3) is 0.462. The average Bonchev–Trinajstić information content (AvgIpc) is 2.27. The molecule has 94 valence electrons. The van der Waals surface area contributed by atoms with E-state index in [1.54, 1.807) is 19.1 Å². The Balaban J connectivity index is 2.66. The van der Waals surface area contributed by atoms with Gasteiger partial charge >= 0.3 is 0 Å². The molecule has 0 heterocycles. The average molecular weight is 238 g/mol. The van der Waals surface area contributed by atoms with E-state index in [1.807, 2.05) is 13.8 Å². The first kappa shape index (κ1) is 13.6. The van der Waals surface area contributed by atoms with Crippen LogP contribution in [-0.4, -0.2) is 11.9 Å². The van der Waals surface area contributed by atoms with Crippen LogP contribution in [0.4, 0.5) is 4.39 Å². The van der Waals surface area contributed by atoms with E-state index in [0.717, 1.165) is 5.56 Å². The first-order valence-electron chi connectivity index (χ1n) is 5.73. The number of nitrogens with two attached hydrogens (primary N) is 1. The Morgan fingerprint density at radius 1 is 1.35 bits per heavy atom. The van der Waals surface area contributed by atoms with Gasteiger partial charge in [0.15, 0.2) is 0 Å². The molecular formula is C13H19FN2O. The van der Waals surface area contributed by atoms with E-state index in [9.17, 15) is 9.18 Å². The monoisotopic (exact) mass is 238 g/mol. The molecule has 1 aromatic rings. The lowest BCUT2D eigenvalue weighted by Crippen LogP contribution is -2.44. The van der Waals surface area contributed by atoms with Crippen LogP contribution >= 0.6 is 0 Å². The fourth-order valence-electron chi connectivity index (χ4n) is 1.47. The maximum Gasteiger partial charge on any atom is 0.237 e. The molecule has 4 heteroatoms. The number of hydrogen-bond acceptors (Lipinski definition) is 2. The molecule has 3 nitrogen and oxygen atoms in total. The molecule has 1 amide bonds. The number of nitrogens with one attached hydrogen (secondary N) is 1. The van der Waals surface area contributed by atoms with Crippen LogP contribution in [0.1, 0.15) is 32.4 Å². The number of rotatable bonds is 4. The molecule has 0 fully saturated rings. The van der Waals surface area contributed by atoms with Crippen LogP contribution in [0, 0.1) is 11.7 Å². The van der Waals surface area contributed by atoms with Crippen LogP contribution in [0.5, 0.6) is 0 Å². The molecular weight excluding hydrogens is 219 g/mol. The Bertz CT molecular complexity index is 393. The van der Waals surface area contributed by atoms with E-state index in [2.05, 4.69) is 5.32 Å². The van der Waals surface area contributed by atoms with Crippen molar-refractivity contribution in [3.63, 3.8) is 0 Å². The van der Waals surface area contributed by atoms with Crippen molar-refractivity contribution >= 4 is 5.91 Å². The molecule has 2 atom stereocenters. The maximum atomic E-state index is 13.0. The molecule has 0 aromatic heterocycles. The predicted molar refractivity (Wildman–Crippen MR) is 65.8 cm³/mol. The van der Waals surface area contributed by atoms with Crippen LogP contribution in [0.2, 0.25) is 0 Å². The lowest BCUT2D eigenvalue weighted by Gasteiger charge is -2.20. The van der Waals surface area contributed by atoms with Gasteiger partial charge in [-0.05, 0) is 30.5 Å². The molecule has 0 spiro atoms. The van der Waals surface area contributed by atoms with Crippen LogP contribution in [0.3, 0.4) is 0 Å². The molecule has 1 aromatic carbocycles. The second-order valence-corrected chi connectivity index (χ2v) is 4.56. The van der Waals surface area contributed by atoms with Gasteiger partial charge in [-0.1, -0.05) is 26.0 Å². The van der Waals surface area contributed by atoms with Crippen molar-refractivity contribution in [1.29, 1.82) is 0 Å². The minimum absolute atomic E-state index is 0.0784. The number of carbonyl (C=O) groups excluding carboxylic acids is 1. The van der Waals surface area contributed by atoms with Crippen molar-refractivity contribution in [3.8, 4) is 0 Å². The number of amides is 1. The number of hydrogen-bond donors (Lipinski definition) is 2. The van der Waals surface area contributed by atoms with Gasteiger partial charge in [0, 0.05) is 0 Å². The molecule has 0 saturated carbocycles. The van der Waals surface area contributed by atoms with Gasteiger partial charge in [0.2, 0.25) is 5.91 Å². The second-order valence-electron chi connectivity index (χ2n) is 4.56. The summed E-state index contributed by atoms with van der Waals surface area (Å²) in [6.45, 7) is 5.58. The first-order chi connectivity index (χ1) is 7.91. The third-order valence-electron chi connectivity index (χ3n) is 2.73. The van der Waals surface area contributed by atoms with Gasteiger partial charge in [-0.25, -0.2) is 4.39 Å². The summed E-state index contributed by atoms with van der Waals surface area (Å²) in [7, 11) is 0. The molecule has 0 radical (unpaired) electrons. The topological polar surface area (TPSA) is 55.1 Å². The molecule has 0 aliphatic rings. The van der Waals surface area contributed by atoms with Crippen molar-refractivity contribution in [2.75, 3.05) is 0 Å². The van der Waals surface area contributed by atoms with Gasteiger partial charge < -0.3 is 11.1 Å². The van der Waals surface area contributed by atoms with E-state index >= 15 is 0 Å². The maximum absolute atomic E-state index is 13.0. The fourth-order valence-corrected chi connectivity index (χ4v) is 1.47. The lowest BCUT2D eigenvalue weighted by molar-refractivity contribution is -0.123. The number of benzene rings is 1. The van der Waals surface area contributed by atoms with Gasteiger partial charge in [0.1, 0.15) is 5.82 Å². The predicted octanol–water partition coefficient (Wildman–Crippen LogP) is 1.99. The highest BCUT2D eigenvalue weighted by atomic mass is 19.1. The summed E-state index contributed by atoms with van der Waals surface area (Å²) in [4.78, 5) is 11.7. The van der Waals surface area contributed by atoms with E-state index in [0.29, 0.717) is 0 Å². The summed E-state index contributed by atoms with van der Waals surface area (Å²) in [5, 5.41) is 2.77. The second kappa shape index (κ2) is 5.77. The molecule has 1 rings (SSSR count). The zero-order valence-electron chi connectivity index (χ0n) is 10.4. The van der Waals surface area contributed by atoms with Crippen LogP contribution in [0.15, 0.2) is 24.3 Å². The van der Waals surface area contributed by atoms with Crippen LogP contribution in [0.25, 0.3) is 0 Å². The quantitative estimate of drug-likeness (QED) is 0.842. The van der Waals surface area contributed by atoms with Gasteiger partial charge in [-0.2, -0.15) is 0 Å². The highest BCUT2D eigenvalue weighted by Gasteiger charge is 2.19. The smallest absolute Gasteiger partial charge is 0.237 e. The molecule has 0 aliphatic carbocycles. The van der Waals surface area contributed by atoms with Crippen molar-refractivity contribution in [2.24, 2.45) is 11.7 Å². The normalized spacial score (nSPS) is 14.5. The third kappa shape index (κ3) is 3.82. The first-order valence-corrected chi connectivity index (χ1v) is 5.73. The van der Waals surface area contributed by atoms with Gasteiger partial charge in [-0.3, -0.25) is 4.79 Å². The van der Waals surface area contributed by atoms with Gasteiger partial charge in [0.25, 0.3) is 0 Å². The minimum atomic E-state index is -0.536. The Hall–Kier alpha value is -1.42. The standard InChI is InChI=1S/C13H19FN2O/c1-8(2)12(15)13(17)16-9(3)10-5-4-6-11(14)7-10/h4-9,12H,15H2,1-3H3,(H,16,17)/t9?,12-/m1/s1. The molecule has 0 saturated heterocycles. The summed E-state index contributed by atoms with van der Waals surface area (Å²) < 4.78 is 13.0. The third-order valence-corrected chi connectivity index (χ3v) is 2.73. The summed E-state index contributed by atoms with van der Waals surface area (Å²) in [5.74, 6) is -0.441. The molecule has 17 heavy (non-hydrogen) atoms. The Morgan fingerprint density at radius 3 is 2.53 bits per heavy atom. The largest absolute Gasteiger partial charge is 0.348 e. The Kier molecular flexibility index (Phi) is 4.63. The van der Waals surface area contributed by atoms with Crippen molar-refractivity contribution in [1.82, 2.24) is 5.32 Å². The summed E-state index contributed by atoms with van der Waals surface area (Å²) in [6.07, 6.45) is 0. The number of halogens is 1. The molecule has 1 unspecified atom stereocenters. The van der Waals surface area contributed by atoms with Crippen LogP contribution in [-0.2, 0) is 4.79 Å². The highest BCUT2D eigenvalue weighted by Crippen LogP contribution is 2.13. The van der Waals surface area contributed by atoms with Crippen LogP contribution < -0.4 is 11.1 Å². The van der Waals surface area contributed by atoms with E-state index in [4.69, 9.17) is 5.73 Å².